The summed E-state index contributed by atoms with van der Waals surface area (Å²) in [6.07, 6.45) is 2.32. The molecule has 7 nitrogen and oxygen atoms in total. The van der Waals surface area contributed by atoms with E-state index in [1.807, 2.05) is 31.1 Å². The number of pyridine rings is 1. The second kappa shape index (κ2) is 7.46. The predicted molar refractivity (Wildman–Crippen MR) is 82.5 cm³/mol. The van der Waals surface area contributed by atoms with Crippen LogP contribution in [0.25, 0.3) is 0 Å². The average Bonchev–Trinajstić information content (AvgIpc) is 3.05. The molecule has 118 valence electrons. The first-order valence-corrected chi connectivity index (χ1v) is 6.91. The Morgan fingerprint density at radius 2 is 2.23 bits per heavy atom. The number of aliphatic hydroxyl groups is 1. The Morgan fingerprint density at radius 3 is 2.91 bits per heavy atom. The van der Waals surface area contributed by atoms with Gasteiger partial charge in [-0.25, -0.2) is 9.78 Å². The minimum atomic E-state index is -0.859. The molecule has 1 unspecified atom stereocenters. The third-order valence-corrected chi connectivity index (χ3v) is 3.05. The highest BCUT2D eigenvalue weighted by molar-refractivity contribution is 5.73. The average molecular weight is 304 g/mol. The van der Waals surface area contributed by atoms with Gasteiger partial charge in [0.2, 0.25) is 0 Å². The maximum Gasteiger partial charge on any atom is 0.315 e. The Labute approximate surface area is 129 Å². The van der Waals surface area contributed by atoms with Crippen molar-refractivity contribution in [3.05, 3.63) is 48.0 Å². The molecule has 1 atom stereocenters. The number of hydrogen-bond donors (Lipinski definition) is 3. The van der Waals surface area contributed by atoms with Gasteiger partial charge in [-0.2, -0.15) is 0 Å². The number of rotatable bonds is 6. The molecule has 2 rings (SSSR count). The summed E-state index contributed by atoms with van der Waals surface area (Å²) in [5, 5.41) is 15.1. The quantitative estimate of drug-likeness (QED) is 0.748. The van der Waals surface area contributed by atoms with Gasteiger partial charge in [-0.15, -0.1) is 0 Å². The second-order valence-electron chi connectivity index (χ2n) is 5.01. The molecule has 0 aliphatic heterocycles. The normalized spacial score (nSPS) is 11.8. The predicted octanol–water partition coefficient (Wildman–Crippen LogP) is 1.27. The second-order valence-corrected chi connectivity index (χ2v) is 5.01. The van der Waals surface area contributed by atoms with E-state index in [-0.39, 0.29) is 12.6 Å². The van der Waals surface area contributed by atoms with E-state index in [0.29, 0.717) is 12.3 Å². The maximum absolute atomic E-state index is 11.7. The Kier molecular flexibility index (Phi) is 5.37. The number of amides is 2. The number of carbonyl (C=O) groups is 1. The van der Waals surface area contributed by atoms with Gasteiger partial charge in [0.05, 0.1) is 12.8 Å². The number of hydrogen-bond acceptors (Lipinski definition) is 5. The lowest BCUT2D eigenvalue weighted by Crippen LogP contribution is -2.37. The van der Waals surface area contributed by atoms with Gasteiger partial charge >= 0.3 is 6.03 Å². The molecule has 0 aromatic carbocycles. The zero-order chi connectivity index (χ0) is 15.9. The van der Waals surface area contributed by atoms with Gasteiger partial charge in [-0.05, 0) is 29.8 Å². The number of urea groups is 1. The van der Waals surface area contributed by atoms with Crippen molar-refractivity contribution in [2.45, 2.75) is 12.6 Å². The third kappa shape index (κ3) is 4.49. The number of furan rings is 1. The topological polar surface area (TPSA) is 90.6 Å². The zero-order valence-electron chi connectivity index (χ0n) is 12.6. The molecule has 0 aliphatic rings. The molecule has 2 aromatic rings. The van der Waals surface area contributed by atoms with Crippen molar-refractivity contribution in [3.63, 3.8) is 0 Å². The third-order valence-electron chi connectivity index (χ3n) is 3.05. The molecule has 2 amide bonds. The molecule has 2 aromatic heterocycles. The van der Waals surface area contributed by atoms with E-state index in [1.54, 1.807) is 18.3 Å². The smallest absolute Gasteiger partial charge is 0.315 e. The molecular formula is C15H20N4O3. The van der Waals surface area contributed by atoms with Crippen LogP contribution in [0, 0.1) is 0 Å². The minimum absolute atomic E-state index is 0.0820. The van der Waals surface area contributed by atoms with Crippen molar-refractivity contribution in [2.24, 2.45) is 0 Å². The molecule has 0 saturated heterocycles. The Bertz CT molecular complexity index is 599. The summed E-state index contributed by atoms with van der Waals surface area (Å²) < 4.78 is 5.06. The Balaban J connectivity index is 1.77. The Hall–Kier alpha value is -2.54. The fraction of sp³-hybridized carbons (Fsp3) is 0.333. The van der Waals surface area contributed by atoms with Crippen molar-refractivity contribution in [1.82, 2.24) is 15.6 Å². The lowest BCUT2D eigenvalue weighted by Gasteiger charge is -2.13. The fourth-order valence-corrected chi connectivity index (χ4v) is 1.83. The molecule has 0 radical (unpaired) electrons. The number of anilines is 1. The van der Waals surface area contributed by atoms with Crippen LogP contribution in [0.3, 0.4) is 0 Å². The monoisotopic (exact) mass is 304 g/mol. The number of nitrogens with one attached hydrogen (secondary N) is 2. The lowest BCUT2D eigenvalue weighted by atomic mass is 10.2. The lowest BCUT2D eigenvalue weighted by molar-refractivity contribution is 0.148. The van der Waals surface area contributed by atoms with Crippen LogP contribution in [-0.2, 0) is 6.54 Å². The van der Waals surface area contributed by atoms with Crippen LogP contribution in [0.4, 0.5) is 10.6 Å². The first-order chi connectivity index (χ1) is 10.6. The molecule has 0 saturated carbocycles. The zero-order valence-corrected chi connectivity index (χ0v) is 12.6. The maximum atomic E-state index is 11.7. The van der Waals surface area contributed by atoms with Crippen LogP contribution in [0.5, 0.6) is 0 Å². The van der Waals surface area contributed by atoms with Crippen molar-refractivity contribution >= 4 is 11.8 Å². The van der Waals surface area contributed by atoms with E-state index in [0.717, 1.165) is 11.4 Å². The Morgan fingerprint density at radius 1 is 1.41 bits per heavy atom. The van der Waals surface area contributed by atoms with Gasteiger partial charge in [0.25, 0.3) is 0 Å². The summed E-state index contributed by atoms with van der Waals surface area (Å²) >= 11 is 0. The number of aliphatic hydroxyl groups excluding tert-OH is 1. The standard InChI is InChI=1S/C15H20N4O3/c1-19(2)14-8-11(5-6-16-14)9-17-15(21)18-10-12(20)13-4-3-7-22-13/h3-8,12,20H,9-10H2,1-2H3,(H2,17,18,21). The fourth-order valence-electron chi connectivity index (χ4n) is 1.83. The van der Waals surface area contributed by atoms with Gasteiger partial charge in [0.15, 0.2) is 0 Å². The highest BCUT2D eigenvalue weighted by Crippen LogP contribution is 2.11. The molecular weight excluding hydrogens is 284 g/mol. The summed E-state index contributed by atoms with van der Waals surface area (Å²) in [5.41, 5.74) is 0.945. The molecule has 7 heteroatoms. The van der Waals surface area contributed by atoms with Gasteiger partial charge < -0.3 is 25.1 Å². The largest absolute Gasteiger partial charge is 0.467 e. The van der Waals surface area contributed by atoms with E-state index < -0.39 is 6.10 Å². The number of nitrogens with zero attached hydrogens (tertiary/aromatic N) is 2. The molecule has 3 N–H and O–H groups in total. The van der Waals surface area contributed by atoms with E-state index >= 15 is 0 Å². The molecule has 0 bridgehead atoms. The number of aromatic nitrogens is 1. The first kappa shape index (κ1) is 15.8. The van der Waals surface area contributed by atoms with Crippen LogP contribution in [0.2, 0.25) is 0 Å². The van der Waals surface area contributed by atoms with Crippen molar-refractivity contribution < 1.29 is 14.3 Å². The van der Waals surface area contributed by atoms with Crippen molar-refractivity contribution in [1.29, 1.82) is 0 Å². The van der Waals surface area contributed by atoms with Crippen molar-refractivity contribution in [3.8, 4) is 0 Å². The SMILES string of the molecule is CN(C)c1cc(CNC(=O)NCC(O)c2ccco2)ccn1. The molecule has 22 heavy (non-hydrogen) atoms. The summed E-state index contributed by atoms with van der Waals surface area (Å²) in [6, 6.07) is 6.73. The van der Waals surface area contributed by atoms with E-state index in [2.05, 4.69) is 15.6 Å². The summed E-state index contributed by atoms with van der Waals surface area (Å²) in [4.78, 5) is 17.8. The molecule has 0 aliphatic carbocycles. The summed E-state index contributed by atoms with van der Waals surface area (Å²) in [5.74, 6) is 1.25. The van der Waals surface area contributed by atoms with Crippen LogP contribution >= 0.6 is 0 Å². The van der Waals surface area contributed by atoms with Gasteiger partial charge in [0, 0.05) is 26.8 Å². The van der Waals surface area contributed by atoms with Crippen LogP contribution in [0.15, 0.2) is 41.1 Å². The van der Waals surface area contributed by atoms with E-state index in [9.17, 15) is 9.90 Å². The van der Waals surface area contributed by atoms with E-state index in [4.69, 9.17) is 4.42 Å². The number of carbonyl (C=O) groups excluding carboxylic acids is 1. The van der Waals surface area contributed by atoms with Gasteiger partial charge in [-0.3, -0.25) is 0 Å². The van der Waals surface area contributed by atoms with E-state index in [1.165, 1.54) is 6.26 Å². The molecule has 2 heterocycles. The first-order valence-electron chi connectivity index (χ1n) is 6.91. The highest BCUT2D eigenvalue weighted by Gasteiger charge is 2.11. The van der Waals surface area contributed by atoms with Crippen LogP contribution in [-0.4, -0.2) is 36.8 Å². The highest BCUT2D eigenvalue weighted by atomic mass is 16.4. The summed E-state index contributed by atoms with van der Waals surface area (Å²) in [7, 11) is 3.81. The summed E-state index contributed by atoms with van der Waals surface area (Å²) in [6.45, 7) is 0.463. The van der Waals surface area contributed by atoms with Gasteiger partial charge in [0.1, 0.15) is 17.7 Å². The van der Waals surface area contributed by atoms with Gasteiger partial charge in [-0.1, -0.05) is 0 Å². The van der Waals surface area contributed by atoms with Crippen molar-refractivity contribution in [2.75, 3.05) is 25.5 Å². The van der Waals surface area contributed by atoms with Crippen LogP contribution < -0.4 is 15.5 Å². The molecule has 0 fully saturated rings. The minimum Gasteiger partial charge on any atom is -0.467 e. The molecule has 0 spiro atoms. The van der Waals surface area contributed by atoms with Crippen LogP contribution in [0.1, 0.15) is 17.4 Å².